The molecule has 0 aromatic heterocycles. The maximum absolute atomic E-state index is 11.0. The highest BCUT2D eigenvalue weighted by Crippen LogP contribution is 2.20. The molecule has 0 bridgehead atoms. The summed E-state index contributed by atoms with van der Waals surface area (Å²) in [5.41, 5.74) is 5.81. The van der Waals surface area contributed by atoms with Crippen LogP contribution in [0.15, 0.2) is 46.9 Å². The van der Waals surface area contributed by atoms with E-state index in [0.29, 0.717) is 19.0 Å². The first-order valence-corrected chi connectivity index (χ1v) is 6.99. The van der Waals surface area contributed by atoms with Crippen molar-refractivity contribution >= 4 is 27.6 Å². The van der Waals surface area contributed by atoms with Gasteiger partial charge in [-0.05, 0) is 42.5 Å². The average Bonchev–Trinajstić information content (AvgIpc) is 2.46. The van der Waals surface area contributed by atoms with Gasteiger partial charge < -0.3 is 20.3 Å². The molecule has 0 heterocycles. The summed E-state index contributed by atoms with van der Waals surface area (Å²) in [7, 11) is 0. The van der Waals surface area contributed by atoms with Gasteiger partial charge in [0.25, 0.3) is 0 Å². The van der Waals surface area contributed by atoms with Crippen LogP contribution in [0, 0.1) is 0 Å². The SMILES string of the molecule is Nc1ccc(OCCOc2ccc(Br)cc2)cc1C(=O)O. The van der Waals surface area contributed by atoms with E-state index in [-0.39, 0.29) is 11.3 Å². The number of ether oxygens (including phenoxy) is 2. The predicted octanol–water partition coefficient (Wildman–Crippen LogP) is 3.19. The minimum atomic E-state index is -1.08. The van der Waals surface area contributed by atoms with Gasteiger partial charge in [0.15, 0.2) is 0 Å². The molecule has 0 atom stereocenters. The van der Waals surface area contributed by atoms with Crippen LogP contribution in [-0.2, 0) is 0 Å². The molecule has 0 unspecified atom stereocenters. The van der Waals surface area contributed by atoms with Crippen molar-refractivity contribution in [3.63, 3.8) is 0 Å². The Labute approximate surface area is 130 Å². The van der Waals surface area contributed by atoms with Gasteiger partial charge in [0.2, 0.25) is 0 Å². The van der Waals surface area contributed by atoms with Crippen LogP contribution < -0.4 is 15.2 Å². The van der Waals surface area contributed by atoms with Crippen LogP contribution in [0.3, 0.4) is 0 Å². The third-order valence-electron chi connectivity index (χ3n) is 2.69. The van der Waals surface area contributed by atoms with Crippen LogP contribution in [0.25, 0.3) is 0 Å². The van der Waals surface area contributed by atoms with Gasteiger partial charge in [0.05, 0.1) is 5.56 Å². The number of aromatic carboxylic acids is 1. The Hall–Kier alpha value is -2.21. The van der Waals surface area contributed by atoms with Gasteiger partial charge in [-0.3, -0.25) is 0 Å². The number of benzene rings is 2. The molecule has 6 heteroatoms. The first-order chi connectivity index (χ1) is 10.1. The number of nitrogens with two attached hydrogens (primary N) is 1. The number of anilines is 1. The molecule has 110 valence electrons. The Balaban J connectivity index is 1.85. The van der Waals surface area contributed by atoms with Gasteiger partial charge in [-0.2, -0.15) is 0 Å². The number of carboxylic acids is 1. The van der Waals surface area contributed by atoms with Crippen molar-refractivity contribution in [1.29, 1.82) is 0 Å². The molecule has 0 radical (unpaired) electrons. The van der Waals surface area contributed by atoms with E-state index in [1.165, 1.54) is 12.1 Å². The molecule has 0 fully saturated rings. The third kappa shape index (κ3) is 4.39. The van der Waals surface area contributed by atoms with E-state index in [0.717, 1.165) is 10.2 Å². The van der Waals surface area contributed by atoms with Gasteiger partial charge in [0.1, 0.15) is 24.7 Å². The largest absolute Gasteiger partial charge is 0.490 e. The summed E-state index contributed by atoms with van der Waals surface area (Å²) < 4.78 is 11.9. The lowest BCUT2D eigenvalue weighted by molar-refractivity contribution is 0.0697. The molecule has 2 aromatic rings. The molecule has 0 spiro atoms. The highest BCUT2D eigenvalue weighted by molar-refractivity contribution is 9.10. The van der Waals surface area contributed by atoms with Crippen molar-refractivity contribution < 1.29 is 19.4 Å². The lowest BCUT2D eigenvalue weighted by atomic mass is 10.2. The van der Waals surface area contributed by atoms with Crippen LogP contribution in [0.4, 0.5) is 5.69 Å². The van der Waals surface area contributed by atoms with E-state index < -0.39 is 5.97 Å². The van der Waals surface area contributed by atoms with Crippen molar-refractivity contribution in [3.05, 3.63) is 52.5 Å². The predicted molar refractivity (Wildman–Crippen MR) is 82.9 cm³/mol. The topological polar surface area (TPSA) is 81.8 Å². The summed E-state index contributed by atoms with van der Waals surface area (Å²) in [6, 6.07) is 12.0. The zero-order valence-corrected chi connectivity index (χ0v) is 12.7. The fourth-order valence-corrected chi connectivity index (χ4v) is 1.92. The molecular formula is C15H14BrNO4. The number of carboxylic acid groups (broad SMARTS) is 1. The summed E-state index contributed by atoms with van der Waals surface area (Å²) in [6.45, 7) is 0.660. The molecular weight excluding hydrogens is 338 g/mol. The number of halogens is 1. The molecule has 2 aromatic carbocycles. The fourth-order valence-electron chi connectivity index (χ4n) is 1.66. The van der Waals surface area contributed by atoms with Gasteiger partial charge in [-0.15, -0.1) is 0 Å². The van der Waals surface area contributed by atoms with E-state index in [4.69, 9.17) is 20.3 Å². The maximum Gasteiger partial charge on any atom is 0.337 e. The summed E-state index contributed by atoms with van der Waals surface area (Å²) in [5.74, 6) is 0.107. The van der Waals surface area contributed by atoms with Crippen LogP contribution in [0.2, 0.25) is 0 Å². The van der Waals surface area contributed by atoms with Crippen molar-refractivity contribution in [3.8, 4) is 11.5 Å². The van der Waals surface area contributed by atoms with E-state index in [9.17, 15) is 4.79 Å². The fraction of sp³-hybridized carbons (Fsp3) is 0.133. The Kier molecular flexibility index (Phi) is 5.05. The highest BCUT2D eigenvalue weighted by atomic mass is 79.9. The maximum atomic E-state index is 11.0. The molecule has 5 nitrogen and oxygen atoms in total. The van der Waals surface area contributed by atoms with Crippen LogP contribution in [-0.4, -0.2) is 24.3 Å². The minimum Gasteiger partial charge on any atom is -0.490 e. The van der Waals surface area contributed by atoms with Crippen LogP contribution >= 0.6 is 15.9 Å². The highest BCUT2D eigenvalue weighted by Gasteiger charge is 2.09. The molecule has 0 aliphatic carbocycles. The second kappa shape index (κ2) is 6.99. The van der Waals surface area contributed by atoms with Crippen molar-refractivity contribution in [2.24, 2.45) is 0 Å². The molecule has 0 amide bonds. The Morgan fingerprint density at radius 1 is 1.05 bits per heavy atom. The van der Waals surface area contributed by atoms with E-state index in [1.807, 2.05) is 24.3 Å². The minimum absolute atomic E-state index is 0.0290. The quantitative estimate of drug-likeness (QED) is 0.616. The zero-order valence-electron chi connectivity index (χ0n) is 11.1. The van der Waals surface area contributed by atoms with Gasteiger partial charge in [-0.25, -0.2) is 4.79 Å². The first kappa shape index (κ1) is 15.2. The number of hydrogen-bond donors (Lipinski definition) is 2. The summed E-state index contributed by atoms with van der Waals surface area (Å²) in [5, 5.41) is 8.97. The van der Waals surface area contributed by atoms with E-state index in [2.05, 4.69) is 15.9 Å². The molecule has 3 N–H and O–H groups in total. The Bertz CT molecular complexity index is 628. The van der Waals surface area contributed by atoms with Crippen LogP contribution in [0.1, 0.15) is 10.4 Å². The smallest absolute Gasteiger partial charge is 0.337 e. The molecule has 21 heavy (non-hydrogen) atoms. The first-order valence-electron chi connectivity index (χ1n) is 6.20. The van der Waals surface area contributed by atoms with E-state index in [1.54, 1.807) is 6.07 Å². The number of nitrogen functional groups attached to an aromatic ring is 1. The molecule has 0 aliphatic rings. The number of carbonyl (C=O) groups is 1. The molecule has 2 rings (SSSR count). The normalized spacial score (nSPS) is 10.1. The summed E-state index contributed by atoms with van der Waals surface area (Å²) in [4.78, 5) is 11.0. The Morgan fingerprint density at radius 3 is 2.24 bits per heavy atom. The number of rotatable bonds is 6. The van der Waals surface area contributed by atoms with Crippen LogP contribution in [0.5, 0.6) is 11.5 Å². The van der Waals surface area contributed by atoms with Crippen molar-refractivity contribution in [2.45, 2.75) is 0 Å². The Morgan fingerprint density at radius 2 is 1.62 bits per heavy atom. The lowest BCUT2D eigenvalue weighted by Gasteiger charge is -2.09. The standard InChI is InChI=1S/C15H14BrNO4/c16-10-1-3-11(4-2-10)20-7-8-21-12-5-6-14(17)13(9-12)15(18)19/h1-6,9H,7-8,17H2,(H,18,19). The zero-order chi connectivity index (χ0) is 15.2. The van der Waals surface area contributed by atoms with Gasteiger partial charge in [-0.1, -0.05) is 15.9 Å². The second-order valence-electron chi connectivity index (χ2n) is 4.21. The number of hydrogen-bond acceptors (Lipinski definition) is 4. The third-order valence-corrected chi connectivity index (χ3v) is 3.22. The van der Waals surface area contributed by atoms with Crippen molar-refractivity contribution in [2.75, 3.05) is 18.9 Å². The van der Waals surface area contributed by atoms with Crippen molar-refractivity contribution in [1.82, 2.24) is 0 Å². The lowest BCUT2D eigenvalue weighted by Crippen LogP contribution is -2.10. The average molecular weight is 352 g/mol. The van der Waals surface area contributed by atoms with Gasteiger partial charge in [0, 0.05) is 10.2 Å². The molecule has 0 saturated carbocycles. The monoisotopic (exact) mass is 351 g/mol. The summed E-state index contributed by atoms with van der Waals surface area (Å²) in [6.07, 6.45) is 0. The second-order valence-corrected chi connectivity index (χ2v) is 5.12. The summed E-state index contributed by atoms with van der Waals surface area (Å²) >= 11 is 3.34. The van der Waals surface area contributed by atoms with Gasteiger partial charge >= 0.3 is 5.97 Å². The molecule has 0 saturated heterocycles. The van der Waals surface area contributed by atoms with E-state index >= 15 is 0 Å². The molecule has 0 aliphatic heterocycles.